The Morgan fingerprint density at radius 2 is 1.02 bits per heavy atom. The van der Waals surface area contributed by atoms with Crippen molar-refractivity contribution in [1.29, 1.82) is 0 Å². The standard InChI is InChI=1S/C52H99NO12S/c1-3-5-7-9-11-13-15-17-19-20-21-22-23-24-25-27-29-31-33-35-37-39-41-46(56)51(59)53-44(43-63-52-49(58)50(65-66(60,61)62)48(57)47(42-54)64-52)45(55)40-38-36-34-32-30-28-26-18-16-14-12-10-8-6-4-2/h21-22,24-25,44-50,52,54-58H,3-20,23,26-43H2,1-2H3,(H,53,59)(H,60,61,62)/b22-21-,25-24-. The molecule has 13 nitrogen and oxygen atoms in total. The molecule has 0 saturated carbocycles. The average Bonchev–Trinajstić information content (AvgIpc) is 3.29. The molecule has 1 amide bonds. The summed E-state index contributed by atoms with van der Waals surface area (Å²) in [4.78, 5) is 13.2. The zero-order valence-electron chi connectivity index (χ0n) is 41.6. The number of ether oxygens (including phenoxy) is 2. The van der Waals surface area contributed by atoms with Crippen LogP contribution in [0.2, 0.25) is 0 Å². The van der Waals surface area contributed by atoms with Crippen LogP contribution < -0.4 is 5.32 Å². The number of unbranched alkanes of at least 4 members (excludes halogenated alkanes) is 29. The molecule has 14 heteroatoms. The lowest BCUT2D eigenvalue weighted by molar-refractivity contribution is -0.298. The van der Waals surface area contributed by atoms with E-state index in [1.807, 2.05) is 0 Å². The van der Waals surface area contributed by atoms with Crippen molar-refractivity contribution < 1.29 is 57.0 Å². The first kappa shape index (κ1) is 62.6. The molecule has 0 aromatic carbocycles. The van der Waals surface area contributed by atoms with Gasteiger partial charge in [-0.25, -0.2) is 4.18 Å². The second-order valence-electron chi connectivity index (χ2n) is 19.0. The maximum absolute atomic E-state index is 13.2. The number of aliphatic hydroxyl groups is 5. The normalized spacial score (nSPS) is 20.6. The van der Waals surface area contributed by atoms with Crippen LogP contribution in [0.3, 0.4) is 0 Å². The molecule has 0 bridgehead atoms. The minimum absolute atomic E-state index is 0.249. The maximum Gasteiger partial charge on any atom is 0.397 e. The van der Waals surface area contributed by atoms with Gasteiger partial charge in [-0.3, -0.25) is 9.35 Å². The molecule has 390 valence electrons. The van der Waals surface area contributed by atoms with E-state index >= 15 is 0 Å². The lowest BCUT2D eigenvalue weighted by atomic mass is 9.99. The number of carbonyl (C=O) groups is 1. The molecule has 0 radical (unpaired) electrons. The number of amides is 1. The van der Waals surface area contributed by atoms with Crippen LogP contribution in [-0.4, -0.2) is 107 Å². The minimum Gasteiger partial charge on any atom is -0.394 e. The molecule has 0 aliphatic carbocycles. The van der Waals surface area contributed by atoms with Crippen molar-refractivity contribution in [2.45, 2.75) is 288 Å². The summed E-state index contributed by atoms with van der Waals surface area (Å²) in [5.41, 5.74) is 0. The van der Waals surface area contributed by atoms with E-state index in [1.165, 1.54) is 135 Å². The van der Waals surface area contributed by atoms with E-state index in [2.05, 4.69) is 47.7 Å². The molecule has 8 atom stereocenters. The second kappa shape index (κ2) is 42.4. The molecule has 1 rings (SSSR count). The predicted octanol–water partition coefficient (Wildman–Crippen LogP) is 10.6. The van der Waals surface area contributed by atoms with E-state index in [4.69, 9.17) is 9.47 Å². The molecule has 1 fully saturated rings. The van der Waals surface area contributed by atoms with Crippen LogP contribution in [0.15, 0.2) is 24.3 Å². The summed E-state index contributed by atoms with van der Waals surface area (Å²) in [6.45, 7) is 3.30. The van der Waals surface area contributed by atoms with Gasteiger partial charge in [-0.15, -0.1) is 0 Å². The fourth-order valence-corrected chi connectivity index (χ4v) is 9.12. The summed E-state index contributed by atoms with van der Waals surface area (Å²) in [5.74, 6) is -0.675. The van der Waals surface area contributed by atoms with Gasteiger partial charge in [0.2, 0.25) is 5.91 Å². The van der Waals surface area contributed by atoms with Crippen molar-refractivity contribution in [2.75, 3.05) is 13.2 Å². The third-order valence-electron chi connectivity index (χ3n) is 12.9. The second-order valence-corrected chi connectivity index (χ2v) is 20.0. The Morgan fingerprint density at radius 1 is 0.606 bits per heavy atom. The Labute approximate surface area is 402 Å². The molecule has 7 N–H and O–H groups in total. The van der Waals surface area contributed by atoms with Gasteiger partial charge < -0.3 is 40.3 Å². The van der Waals surface area contributed by atoms with E-state index in [0.29, 0.717) is 19.3 Å². The Hall–Kier alpha value is -1.46. The molecule has 1 heterocycles. The van der Waals surface area contributed by atoms with Crippen LogP contribution >= 0.6 is 0 Å². The van der Waals surface area contributed by atoms with E-state index in [0.717, 1.165) is 64.2 Å². The summed E-state index contributed by atoms with van der Waals surface area (Å²) in [6.07, 6.45) is 37.8. The van der Waals surface area contributed by atoms with E-state index in [1.54, 1.807) is 0 Å². The topological polar surface area (TPSA) is 212 Å². The number of aliphatic hydroxyl groups excluding tert-OH is 5. The first-order chi connectivity index (χ1) is 31.9. The van der Waals surface area contributed by atoms with Gasteiger partial charge in [-0.05, 0) is 44.9 Å². The number of nitrogens with one attached hydrogen (secondary N) is 1. The zero-order valence-corrected chi connectivity index (χ0v) is 42.4. The Bertz CT molecular complexity index is 1290. The van der Waals surface area contributed by atoms with Crippen molar-refractivity contribution in [3.8, 4) is 0 Å². The molecule has 8 unspecified atom stereocenters. The minimum atomic E-state index is -5.11. The summed E-state index contributed by atoms with van der Waals surface area (Å²) in [5, 5.41) is 55.6. The number of hydrogen-bond acceptors (Lipinski definition) is 11. The van der Waals surface area contributed by atoms with Crippen molar-refractivity contribution in [1.82, 2.24) is 5.32 Å². The highest BCUT2D eigenvalue weighted by molar-refractivity contribution is 7.80. The van der Waals surface area contributed by atoms with Gasteiger partial charge in [0.25, 0.3) is 0 Å². The van der Waals surface area contributed by atoms with Gasteiger partial charge in [0, 0.05) is 0 Å². The highest BCUT2D eigenvalue weighted by Gasteiger charge is 2.48. The smallest absolute Gasteiger partial charge is 0.394 e. The third kappa shape index (κ3) is 33.9. The van der Waals surface area contributed by atoms with Crippen LogP contribution in [0.25, 0.3) is 0 Å². The fraction of sp³-hybridized carbons (Fsp3) is 0.904. The highest BCUT2D eigenvalue weighted by Crippen LogP contribution is 2.26. The molecule has 1 aliphatic rings. The van der Waals surface area contributed by atoms with Gasteiger partial charge in [-0.2, -0.15) is 8.42 Å². The predicted molar refractivity (Wildman–Crippen MR) is 265 cm³/mol. The zero-order chi connectivity index (χ0) is 48.5. The Morgan fingerprint density at radius 3 is 1.44 bits per heavy atom. The molecule has 1 aliphatic heterocycles. The van der Waals surface area contributed by atoms with Gasteiger partial charge in [0.1, 0.15) is 30.5 Å². The summed E-state index contributed by atoms with van der Waals surface area (Å²) in [6, 6.07) is -1.04. The van der Waals surface area contributed by atoms with Crippen LogP contribution in [0.4, 0.5) is 0 Å². The largest absolute Gasteiger partial charge is 0.397 e. The summed E-state index contributed by atoms with van der Waals surface area (Å²) in [7, 11) is -5.11. The molecule has 0 aromatic rings. The van der Waals surface area contributed by atoms with Crippen molar-refractivity contribution in [3.05, 3.63) is 24.3 Å². The highest BCUT2D eigenvalue weighted by atomic mass is 32.3. The lowest BCUT2D eigenvalue weighted by Gasteiger charge is -2.41. The first-order valence-corrected chi connectivity index (χ1v) is 28.2. The van der Waals surface area contributed by atoms with Crippen molar-refractivity contribution >= 4 is 16.3 Å². The quantitative estimate of drug-likeness (QED) is 0.0173. The SMILES string of the molecule is CCCCCCCCCCC/C=C\C/C=C\CCCCCCCCC(O)C(=O)NC(COC1OC(CO)C(O)C(OS(=O)(=O)O)C1O)C(O)CCCCCCCCCCCCCCCCC. The van der Waals surface area contributed by atoms with Gasteiger partial charge in [0.05, 0.1) is 25.4 Å². The van der Waals surface area contributed by atoms with Crippen molar-refractivity contribution in [2.24, 2.45) is 0 Å². The van der Waals surface area contributed by atoms with Crippen LogP contribution in [-0.2, 0) is 28.9 Å². The molecule has 1 saturated heterocycles. The number of carbonyl (C=O) groups excluding carboxylic acids is 1. The van der Waals surface area contributed by atoms with E-state index in [9.17, 15) is 43.3 Å². The van der Waals surface area contributed by atoms with Crippen molar-refractivity contribution in [3.63, 3.8) is 0 Å². The maximum atomic E-state index is 13.2. The third-order valence-corrected chi connectivity index (χ3v) is 13.3. The Kier molecular flexibility index (Phi) is 40.2. The van der Waals surface area contributed by atoms with Gasteiger partial charge in [-0.1, -0.05) is 218 Å². The molecule has 0 spiro atoms. The summed E-state index contributed by atoms with van der Waals surface area (Å²) >= 11 is 0. The van der Waals surface area contributed by atoms with Gasteiger partial charge >= 0.3 is 10.4 Å². The monoisotopic (exact) mass is 962 g/mol. The van der Waals surface area contributed by atoms with E-state index in [-0.39, 0.29) is 6.42 Å². The first-order valence-electron chi connectivity index (χ1n) is 26.8. The number of rotatable bonds is 46. The number of hydrogen-bond donors (Lipinski definition) is 7. The lowest BCUT2D eigenvalue weighted by Crippen LogP contribution is -2.61. The average molecular weight is 962 g/mol. The number of allylic oxidation sites excluding steroid dienone is 4. The molecular formula is C52H99NO12S. The van der Waals surface area contributed by atoms with Gasteiger partial charge in [0.15, 0.2) is 6.29 Å². The molecule has 0 aromatic heterocycles. The van der Waals surface area contributed by atoms with Crippen LogP contribution in [0.5, 0.6) is 0 Å². The molecule has 66 heavy (non-hydrogen) atoms. The van der Waals surface area contributed by atoms with E-state index < -0.39 is 78.5 Å². The van der Waals surface area contributed by atoms with Crippen LogP contribution in [0, 0.1) is 0 Å². The Balaban J connectivity index is 2.46. The van der Waals surface area contributed by atoms with Crippen LogP contribution in [0.1, 0.15) is 239 Å². The fourth-order valence-electron chi connectivity index (χ4n) is 8.61. The molecular weight excluding hydrogens is 863 g/mol. The summed E-state index contributed by atoms with van der Waals surface area (Å²) < 4.78 is 47.7.